The van der Waals surface area contributed by atoms with Gasteiger partial charge in [0.25, 0.3) is 0 Å². The molecule has 0 aliphatic heterocycles. The fraction of sp³-hybridized carbons (Fsp3) is 0.176. The van der Waals surface area contributed by atoms with Gasteiger partial charge in [-0.15, -0.1) is 0 Å². The molecular formula is C17H15FO3. The molecule has 21 heavy (non-hydrogen) atoms. The summed E-state index contributed by atoms with van der Waals surface area (Å²) < 4.78 is 17.9. The Balaban J connectivity index is 2.05. The number of Topliss-reactive ketones (excluding diaryl/α,β-unsaturated/α-hetero) is 1. The Morgan fingerprint density at radius 1 is 0.952 bits per heavy atom. The Kier molecular flexibility index (Phi) is 4.48. The first-order valence-electron chi connectivity index (χ1n) is 6.55. The summed E-state index contributed by atoms with van der Waals surface area (Å²) in [4.78, 5) is 24.0. The second kappa shape index (κ2) is 6.31. The standard InChI is InChI=1S/C17H15FO3/c1-11-3-5-13(6-4-11)16(19)12(2)21-17(20)14-7-9-15(18)10-8-14/h3-10,12H,1-2H3. The molecule has 0 aliphatic carbocycles. The molecule has 3 nitrogen and oxygen atoms in total. The number of rotatable bonds is 4. The van der Waals surface area contributed by atoms with Crippen molar-refractivity contribution in [2.24, 2.45) is 0 Å². The lowest BCUT2D eigenvalue weighted by molar-refractivity contribution is 0.0319. The smallest absolute Gasteiger partial charge is 0.338 e. The molecule has 1 unspecified atom stereocenters. The van der Waals surface area contributed by atoms with E-state index >= 15 is 0 Å². The number of ketones is 1. The Bertz CT molecular complexity index is 645. The maximum absolute atomic E-state index is 12.8. The van der Waals surface area contributed by atoms with Crippen LogP contribution >= 0.6 is 0 Å². The number of carbonyl (C=O) groups excluding carboxylic acids is 2. The highest BCUT2D eigenvalue weighted by Gasteiger charge is 2.20. The number of ether oxygens (including phenoxy) is 1. The molecule has 2 aromatic rings. The molecule has 0 bridgehead atoms. The van der Waals surface area contributed by atoms with Crippen LogP contribution < -0.4 is 0 Å². The summed E-state index contributed by atoms with van der Waals surface area (Å²) in [5.41, 5.74) is 1.74. The zero-order valence-electron chi connectivity index (χ0n) is 11.8. The minimum atomic E-state index is -0.898. The van der Waals surface area contributed by atoms with Crippen LogP contribution in [0.2, 0.25) is 0 Å². The molecule has 108 valence electrons. The van der Waals surface area contributed by atoms with Gasteiger partial charge in [0.2, 0.25) is 5.78 Å². The van der Waals surface area contributed by atoms with E-state index in [9.17, 15) is 14.0 Å². The lowest BCUT2D eigenvalue weighted by Gasteiger charge is -2.12. The molecule has 0 aromatic heterocycles. The Hall–Kier alpha value is -2.49. The third-order valence-corrected chi connectivity index (χ3v) is 3.07. The van der Waals surface area contributed by atoms with Crippen LogP contribution in [0.3, 0.4) is 0 Å². The highest BCUT2D eigenvalue weighted by molar-refractivity contribution is 6.01. The van der Waals surface area contributed by atoms with Gasteiger partial charge < -0.3 is 4.74 Å². The molecule has 0 saturated heterocycles. The largest absolute Gasteiger partial charge is 0.451 e. The summed E-state index contributed by atoms with van der Waals surface area (Å²) in [5, 5.41) is 0. The van der Waals surface area contributed by atoms with E-state index in [1.807, 2.05) is 19.1 Å². The van der Waals surface area contributed by atoms with Crippen LogP contribution in [-0.4, -0.2) is 17.9 Å². The van der Waals surface area contributed by atoms with Crippen LogP contribution in [0.5, 0.6) is 0 Å². The van der Waals surface area contributed by atoms with E-state index in [4.69, 9.17) is 4.74 Å². The van der Waals surface area contributed by atoms with Crippen molar-refractivity contribution in [1.29, 1.82) is 0 Å². The zero-order chi connectivity index (χ0) is 15.4. The maximum Gasteiger partial charge on any atom is 0.338 e. The van der Waals surface area contributed by atoms with E-state index in [-0.39, 0.29) is 11.3 Å². The summed E-state index contributed by atoms with van der Waals surface area (Å²) in [5.74, 6) is -1.36. The SMILES string of the molecule is Cc1ccc(C(=O)C(C)OC(=O)c2ccc(F)cc2)cc1. The average molecular weight is 286 g/mol. The molecule has 1 atom stereocenters. The highest BCUT2D eigenvalue weighted by Crippen LogP contribution is 2.11. The van der Waals surface area contributed by atoms with Crippen LogP contribution in [0.25, 0.3) is 0 Å². The lowest BCUT2D eigenvalue weighted by atomic mass is 10.1. The highest BCUT2D eigenvalue weighted by atomic mass is 19.1. The van der Waals surface area contributed by atoms with E-state index in [1.54, 1.807) is 12.1 Å². The van der Waals surface area contributed by atoms with Crippen molar-refractivity contribution in [1.82, 2.24) is 0 Å². The molecule has 4 heteroatoms. The van der Waals surface area contributed by atoms with E-state index in [0.717, 1.165) is 5.56 Å². The molecule has 0 heterocycles. The molecular weight excluding hydrogens is 271 g/mol. The molecule has 0 aliphatic rings. The normalized spacial score (nSPS) is 11.8. The zero-order valence-corrected chi connectivity index (χ0v) is 11.8. The number of esters is 1. The molecule has 0 fully saturated rings. The summed E-state index contributed by atoms with van der Waals surface area (Å²) in [6, 6.07) is 12.0. The fourth-order valence-corrected chi connectivity index (χ4v) is 1.82. The van der Waals surface area contributed by atoms with Crippen LogP contribution in [-0.2, 0) is 4.74 Å². The van der Waals surface area contributed by atoms with Crippen molar-refractivity contribution < 1.29 is 18.7 Å². The fourth-order valence-electron chi connectivity index (χ4n) is 1.82. The van der Waals surface area contributed by atoms with Gasteiger partial charge in [-0.25, -0.2) is 9.18 Å². The Morgan fingerprint density at radius 3 is 2.05 bits per heavy atom. The number of halogens is 1. The third kappa shape index (κ3) is 3.75. The predicted molar refractivity (Wildman–Crippen MR) is 76.8 cm³/mol. The van der Waals surface area contributed by atoms with Gasteiger partial charge in [0.15, 0.2) is 6.10 Å². The maximum atomic E-state index is 12.8. The molecule has 0 radical (unpaired) electrons. The Labute approximate surface area is 122 Å². The van der Waals surface area contributed by atoms with Gasteiger partial charge in [-0.2, -0.15) is 0 Å². The minimum absolute atomic E-state index is 0.208. The topological polar surface area (TPSA) is 43.4 Å². The summed E-state index contributed by atoms with van der Waals surface area (Å²) in [7, 11) is 0. The number of hydrogen-bond donors (Lipinski definition) is 0. The van der Waals surface area contributed by atoms with Crippen LogP contribution in [0.15, 0.2) is 48.5 Å². The Morgan fingerprint density at radius 2 is 1.48 bits per heavy atom. The van der Waals surface area contributed by atoms with Gasteiger partial charge in [-0.1, -0.05) is 29.8 Å². The molecule has 0 amide bonds. The van der Waals surface area contributed by atoms with Crippen molar-refractivity contribution in [3.63, 3.8) is 0 Å². The van der Waals surface area contributed by atoms with E-state index in [2.05, 4.69) is 0 Å². The van der Waals surface area contributed by atoms with Gasteiger partial charge in [0.1, 0.15) is 5.82 Å². The second-order valence-electron chi connectivity index (χ2n) is 4.78. The van der Waals surface area contributed by atoms with Crippen LogP contribution in [0.1, 0.15) is 33.2 Å². The third-order valence-electron chi connectivity index (χ3n) is 3.07. The van der Waals surface area contributed by atoms with Gasteiger partial charge in [-0.05, 0) is 38.1 Å². The summed E-state index contributed by atoms with van der Waals surface area (Å²) >= 11 is 0. The molecule has 0 saturated carbocycles. The predicted octanol–water partition coefficient (Wildman–Crippen LogP) is 3.56. The quantitative estimate of drug-likeness (QED) is 0.637. The number of aryl methyl sites for hydroxylation is 1. The van der Waals surface area contributed by atoms with Crippen molar-refractivity contribution >= 4 is 11.8 Å². The number of carbonyl (C=O) groups is 2. The average Bonchev–Trinajstić information content (AvgIpc) is 2.47. The van der Waals surface area contributed by atoms with Crippen LogP contribution in [0, 0.1) is 12.7 Å². The van der Waals surface area contributed by atoms with E-state index in [1.165, 1.54) is 31.2 Å². The number of hydrogen-bond acceptors (Lipinski definition) is 3. The summed E-state index contributed by atoms with van der Waals surface area (Å²) in [6.45, 7) is 3.44. The first kappa shape index (κ1) is 14.9. The summed E-state index contributed by atoms with van der Waals surface area (Å²) in [6.07, 6.45) is -0.898. The molecule has 0 N–H and O–H groups in total. The van der Waals surface area contributed by atoms with E-state index < -0.39 is 17.9 Å². The van der Waals surface area contributed by atoms with Crippen LogP contribution in [0.4, 0.5) is 4.39 Å². The van der Waals surface area contributed by atoms with Gasteiger partial charge >= 0.3 is 5.97 Å². The molecule has 2 aromatic carbocycles. The number of benzene rings is 2. The van der Waals surface area contributed by atoms with Gasteiger partial charge in [0.05, 0.1) is 5.56 Å². The first-order valence-corrected chi connectivity index (χ1v) is 6.55. The van der Waals surface area contributed by atoms with Crippen molar-refractivity contribution in [2.75, 3.05) is 0 Å². The van der Waals surface area contributed by atoms with Crippen molar-refractivity contribution in [3.8, 4) is 0 Å². The minimum Gasteiger partial charge on any atom is -0.451 e. The monoisotopic (exact) mass is 286 g/mol. The van der Waals surface area contributed by atoms with E-state index in [0.29, 0.717) is 5.56 Å². The molecule has 0 spiro atoms. The first-order chi connectivity index (χ1) is 9.97. The van der Waals surface area contributed by atoms with Crippen molar-refractivity contribution in [2.45, 2.75) is 20.0 Å². The molecule has 2 rings (SSSR count). The lowest BCUT2D eigenvalue weighted by Crippen LogP contribution is -2.24. The van der Waals surface area contributed by atoms with Gasteiger partial charge in [-0.3, -0.25) is 4.79 Å². The van der Waals surface area contributed by atoms with Gasteiger partial charge in [0, 0.05) is 5.56 Å². The second-order valence-corrected chi connectivity index (χ2v) is 4.78. The van der Waals surface area contributed by atoms with Crippen molar-refractivity contribution in [3.05, 3.63) is 71.0 Å².